The van der Waals surface area contributed by atoms with Gasteiger partial charge in [0.25, 0.3) is 5.91 Å². The van der Waals surface area contributed by atoms with Gasteiger partial charge in [-0.05, 0) is 100 Å². The Morgan fingerprint density at radius 3 is 2.45 bits per heavy atom. The van der Waals surface area contributed by atoms with Crippen LogP contribution in [-0.4, -0.2) is 78.2 Å². The van der Waals surface area contributed by atoms with E-state index in [0.717, 1.165) is 69.6 Å². The topological polar surface area (TPSA) is 73.3 Å². The molecule has 2 saturated heterocycles. The van der Waals surface area contributed by atoms with Gasteiger partial charge in [-0.2, -0.15) is 0 Å². The first-order valence-corrected chi connectivity index (χ1v) is 14.4. The van der Waals surface area contributed by atoms with E-state index in [4.69, 9.17) is 4.74 Å². The summed E-state index contributed by atoms with van der Waals surface area (Å²) in [6, 6.07) is 15.8. The van der Waals surface area contributed by atoms with Crippen LogP contribution >= 0.6 is 0 Å². The highest BCUT2D eigenvalue weighted by molar-refractivity contribution is 5.97. The molecule has 0 aromatic heterocycles. The number of ether oxygens (including phenoxy) is 1. The number of aliphatic hydroxyl groups excluding tert-OH is 1. The number of carbonyl (C=O) groups is 2. The van der Waals surface area contributed by atoms with Crippen LogP contribution in [0.5, 0.6) is 5.75 Å². The van der Waals surface area contributed by atoms with Gasteiger partial charge >= 0.3 is 0 Å². The van der Waals surface area contributed by atoms with E-state index in [1.807, 2.05) is 52.3 Å². The Bertz CT molecular complexity index is 1070. The molecule has 1 unspecified atom stereocenters. The summed E-state index contributed by atoms with van der Waals surface area (Å²) in [5.74, 6) is 0.995. The summed E-state index contributed by atoms with van der Waals surface area (Å²) in [5, 5.41) is 10.2. The molecule has 1 atom stereocenters. The van der Waals surface area contributed by atoms with Gasteiger partial charge in [0.2, 0.25) is 5.91 Å². The van der Waals surface area contributed by atoms with Crippen LogP contribution in [0.2, 0.25) is 0 Å². The van der Waals surface area contributed by atoms with E-state index in [-0.39, 0.29) is 24.0 Å². The summed E-state index contributed by atoms with van der Waals surface area (Å²) in [4.78, 5) is 32.1. The maximum atomic E-state index is 13.1. The van der Waals surface area contributed by atoms with Crippen molar-refractivity contribution in [2.45, 2.75) is 69.9 Å². The molecular formula is C31H41N3O4. The van der Waals surface area contributed by atoms with Gasteiger partial charge in [0.1, 0.15) is 5.75 Å². The number of aliphatic hydroxyl groups is 1. The average Bonchev–Trinajstić information content (AvgIpc) is 3.46. The molecule has 38 heavy (non-hydrogen) atoms. The molecule has 0 aliphatic carbocycles. The maximum absolute atomic E-state index is 13.1. The number of aryl methyl sites for hydroxylation is 1. The molecule has 7 heteroatoms. The van der Waals surface area contributed by atoms with E-state index in [1.54, 1.807) is 0 Å². The van der Waals surface area contributed by atoms with Crippen LogP contribution in [0, 0.1) is 0 Å². The molecule has 3 aliphatic heterocycles. The van der Waals surface area contributed by atoms with Gasteiger partial charge in [-0.15, -0.1) is 0 Å². The average molecular weight is 520 g/mol. The van der Waals surface area contributed by atoms with E-state index in [1.165, 1.54) is 18.4 Å². The predicted molar refractivity (Wildman–Crippen MR) is 149 cm³/mol. The maximum Gasteiger partial charge on any atom is 0.253 e. The number of β-amino-alcohol motifs (C(OH)–C–C–N with tert-alkyl or cyclic N) is 1. The van der Waals surface area contributed by atoms with Crippen molar-refractivity contribution in [3.05, 3.63) is 59.7 Å². The summed E-state index contributed by atoms with van der Waals surface area (Å²) < 4.78 is 5.87. The quantitative estimate of drug-likeness (QED) is 0.475. The standard InChI is InChI=1S/C31H41N3O4/c35-27(23-32-18-4-5-19-32)8-3-6-22-38-28-13-10-25(11-14-28)31(37)33-20-16-26(17-21-33)34-29-9-2-1-7-24(29)12-15-30(34)36/h1-2,7,9-11,13-14,26-27,35H,3-6,8,12,15-23H2. The van der Waals surface area contributed by atoms with Gasteiger partial charge in [0, 0.05) is 43.3 Å². The van der Waals surface area contributed by atoms with Crippen molar-refractivity contribution in [1.29, 1.82) is 0 Å². The first-order chi connectivity index (χ1) is 18.6. The molecule has 2 fully saturated rings. The van der Waals surface area contributed by atoms with Gasteiger partial charge in [-0.1, -0.05) is 18.2 Å². The number of unbranched alkanes of at least 4 members (excludes halogenated alkanes) is 1. The van der Waals surface area contributed by atoms with Crippen LogP contribution < -0.4 is 9.64 Å². The van der Waals surface area contributed by atoms with E-state index in [2.05, 4.69) is 11.0 Å². The molecule has 2 amide bonds. The summed E-state index contributed by atoms with van der Waals surface area (Å²) in [7, 11) is 0. The Balaban J connectivity index is 1.04. The molecule has 0 bridgehead atoms. The number of anilines is 1. The molecule has 2 aromatic rings. The number of para-hydroxylation sites is 1. The zero-order chi connectivity index (χ0) is 26.3. The highest BCUT2D eigenvalue weighted by atomic mass is 16.5. The van der Waals surface area contributed by atoms with Crippen molar-refractivity contribution in [2.75, 3.05) is 44.2 Å². The van der Waals surface area contributed by atoms with Crippen molar-refractivity contribution >= 4 is 17.5 Å². The lowest BCUT2D eigenvalue weighted by Crippen LogP contribution is -2.50. The van der Waals surface area contributed by atoms with E-state index >= 15 is 0 Å². The Morgan fingerprint density at radius 2 is 1.68 bits per heavy atom. The fourth-order valence-electron chi connectivity index (χ4n) is 6.08. The van der Waals surface area contributed by atoms with Crippen LogP contribution in [0.4, 0.5) is 5.69 Å². The van der Waals surface area contributed by atoms with Gasteiger partial charge in [0.15, 0.2) is 0 Å². The minimum absolute atomic E-state index is 0.0346. The van der Waals surface area contributed by atoms with E-state index in [0.29, 0.717) is 31.7 Å². The minimum atomic E-state index is -0.250. The number of likely N-dealkylation sites (tertiary alicyclic amines) is 2. The highest BCUT2D eigenvalue weighted by Crippen LogP contribution is 2.32. The monoisotopic (exact) mass is 519 g/mol. The number of piperidine rings is 1. The van der Waals surface area contributed by atoms with Crippen molar-refractivity contribution in [1.82, 2.24) is 9.80 Å². The van der Waals surface area contributed by atoms with Crippen LogP contribution in [0.3, 0.4) is 0 Å². The third-order valence-corrected chi connectivity index (χ3v) is 8.21. The van der Waals surface area contributed by atoms with Crippen molar-refractivity contribution in [3.63, 3.8) is 0 Å². The minimum Gasteiger partial charge on any atom is -0.494 e. The van der Waals surface area contributed by atoms with Crippen LogP contribution in [0.1, 0.15) is 67.3 Å². The van der Waals surface area contributed by atoms with Crippen LogP contribution in [0.25, 0.3) is 0 Å². The number of rotatable bonds is 10. The molecule has 3 heterocycles. The molecule has 1 N–H and O–H groups in total. The molecule has 2 aromatic carbocycles. The molecule has 7 nitrogen and oxygen atoms in total. The van der Waals surface area contributed by atoms with E-state index in [9.17, 15) is 14.7 Å². The molecule has 0 saturated carbocycles. The Labute approximate surface area is 226 Å². The number of benzene rings is 2. The molecule has 3 aliphatic rings. The molecule has 0 radical (unpaired) electrons. The van der Waals surface area contributed by atoms with Gasteiger partial charge in [-0.25, -0.2) is 0 Å². The van der Waals surface area contributed by atoms with Gasteiger partial charge in [0.05, 0.1) is 12.7 Å². The molecule has 0 spiro atoms. The molecule has 204 valence electrons. The number of carbonyl (C=O) groups excluding carboxylic acids is 2. The number of amides is 2. The van der Waals surface area contributed by atoms with Crippen molar-refractivity contribution in [2.24, 2.45) is 0 Å². The Morgan fingerprint density at radius 1 is 0.947 bits per heavy atom. The second-order valence-corrected chi connectivity index (χ2v) is 10.9. The second kappa shape index (κ2) is 12.8. The largest absolute Gasteiger partial charge is 0.494 e. The fraction of sp³-hybridized carbons (Fsp3) is 0.548. The lowest BCUT2D eigenvalue weighted by atomic mass is 9.95. The first kappa shape index (κ1) is 26.7. The SMILES string of the molecule is O=C(c1ccc(OCCCCC(O)CN2CCCC2)cc1)N1CCC(N2C(=O)CCc3ccccc32)CC1. The highest BCUT2D eigenvalue weighted by Gasteiger charge is 2.33. The molecule has 5 rings (SSSR count). The summed E-state index contributed by atoms with van der Waals surface area (Å²) in [5.41, 5.74) is 2.95. The normalized spacial score (nSPS) is 19.4. The van der Waals surface area contributed by atoms with Gasteiger partial charge in [-0.3, -0.25) is 9.59 Å². The zero-order valence-corrected chi connectivity index (χ0v) is 22.4. The zero-order valence-electron chi connectivity index (χ0n) is 22.4. The summed E-state index contributed by atoms with van der Waals surface area (Å²) in [6.45, 7) is 4.93. The van der Waals surface area contributed by atoms with Gasteiger partial charge < -0.3 is 24.5 Å². The van der Waals surface area contributed by atoms with Crippen molar-refractivity contribution in [3.8, 4) is 5.75 Å². The summed E-state index contributed by atoms with van der Waals surface area (Å²) >= 11 is 0. The van der Waals surface area contributed by atoms with Crippen LogP contribution in [0.15, 0.2) is 48.5 Å². The van der Waals surface area contributed by atoms with Crippen LogP contribution in [-0.2, 0) is 11.2 Å². The number of nitrogens with zero attached hydrogens (tertiary/aromatic N) is 3. The van der Waals surface area contributed by atoms with E-state index < -0.39 is 0 Å². The lowest BCUT2D eigenvalue weighted by molar-refractivity contribution is -0.119. The number of hydrogen-bond acceptors (Lipinski definition) is 5. The lowest BCUT2D eigenvalue weighted by Gasteiger charge is -2.41. The second-order valence-electron chi connectivity index (χ2n) is 10.9. The third-order valence-electron chi connectivity index (χ3n) is 8.21. The molecular weight excluding hydrogens is 478 g/mol. The van der Waals surface area contributed by atoms with Crippen molar-refractivity contribution < 1.29 is 19.4 Å². The number of fused-ring (bicyclic) bond motifs is 1. The first-order valence-electron chi connectivity index (χ1n) is 14.4. The Kier molecular flexibility index (Phi) is 8.97. The smallest absolute Gasteiger partial charge is 0.253 e. The Hall–Kier alpha value is -2.90. The fourth-order valence-corrected chi connectivity index (χ4v) is 6.08. The predicted octanol–water partition coefficient (Wildman–Crippen LogP) is 4.28. The third kappa shape index (κ3) is 6.56. The summed E-state index contributed by atoms with van der Waals surface area (Å²) in [6.07, 6.45) is 7.85. The number of hydrogen-bond donors (Lipinski definition) is 1.